The van der Waals surface area contributed by atoms with Crippen molar-refractivity contribution in [1.82, 2.24) is 0 Å². The van der Waals surface area contributed by atoms with Crippen LogP contribution in [0.5, 0.6) is 0 Å². The molecule has 0 fully saturated rings. The van der Waals surface area contributed by atoms with Crippen molar-refractivity contribution in [2.24, 2.45) is 4.99 Å². The maximum absolute atomic E-state index is 3.98. The highest BCUT2D eigenvalue weighted by atomic mass is 32.2. The van der Waals surface area contributed by atoms with E-state index >= 15 is 0 Å². The van der Waals surface area contributed by atoms with Crippen LogP contribution in [0.1, 0.15) is 0 Å². The van der Waals surface area contributed by atoms with Gasteiger partial charge in [-0.2, -0.15) is 12.6 Å². The fourth-order valence-electron chi connectivity index (χ4n) is 0.137. The van der Waals surface area contributed by atoms with Crippen LogP contribution in [0.25, 0.3) is 0 Å². The number of nitrogens with zero attached hydrogens (tertiary/aromatic N) is 1. The Morgan fingerprint density at radius 3 is 3.00 bits per heavy atom. The normalized spacial score (nSPS) is 10.6. The molecule has 42 valence electrons. The molecule has 0 radical (unpaired) electrons. The van der Waals surface area contributed by atoms with Crippen molar-refractivity contribution < 1.29 is 0 Å². The summed E-state index contributed by atoms with van der Waals surface area (Å²) in [6.07, 6.45) is 0. The molecule has 0 aliphatic rings. The molecule has 7 heavy (non-hydrogen) atoms. The highest BCUT2D eigenvalue weighted by Gasteiger charge is 1.73. The van der Waals surface area contributed by atoms with Gasteiger partial charge in [0, 0.05) is 11.0 Å². The summed E-state index contributed by atoms with van der Waals surface area (Å²) in [4.78, 5) is 3.91. The second-order valence-corrected chi connectivity index (χ2v) is 2.79. The lowest BCUT2D eigenvalue weighted by atomic mass is 11.4. The summed E-state index contributed by atoms with van der Waals surface area (Å²) in [6, 6.07) is 0. The predicted molar refractivity (Wildman–Crippen MR) is 44.5 cm³/mol. The molecule has 0 spiro atoms. The van der Waals surface area contributed by atoms with E-state index in [9.17, 15) is 0 Å². The molecule has 0 rings (SSSR count). The Hall–Kier alpha value is 0.800. The Bertz CT molecular complexity index is 56.9. The van der Waals surface area contributed by atoms with Crippen LogP contribution in [-0.2, 0) is 0 Å². The van der Waals surface area contributed by atoms with E-state index in [2.05, 4.69) is 26.9 Å². The Morgan fingerprint density at radius 2 is 2.57 bits per heavy atom. The molecular formula is C3H8NPS2. The SMILES string of the molecule is P/C=N/CSCS. The maximum Gasteiger partial charge on any atom is 0.0852 e. The van der Waals surface area contributed by atoms with Crippen LogP contribution in [-0.4, -0.2) is 16.9 Å². The minimum Gasteiger partial charge on any atom is -0.283 e. The summed E-state index contributed by atoms with van der Waals surface area (Å²) < 4.78 is 0. The summed E-state index contributed by atoms with van der Waals surface area (Å²) in [5, 5.41) is 0.849. The molecule has 0 saturated heterocycles. The Kier molecular flexibility index (Phi) is 7.58. The molecule has 1 nitrogen and oxygen atoms in total. The average Bonchev–Trinajstić information content (AvgIpc) is 1.69. The van der Waals surface area contributed by atoms with Crippen molar-refractivity contribution in [2.45, 2.75) is 0 Å². The number of thiol groups is 1. The number of aliphatic imine (C=N–C) groups is 1. The van der Waals surface area contributed by atoms with Crippen LogP contribution in [0.15, 0.2) is 4.99 Å². The zero-order valence-electron chi connectivity index (χ0n) is 3.87. The van der Waals surface area contributed by atoms with E-state index in [-0.39, 0.29) is 0 Å². The van der Waals surface area contributed by atoms with E-state index in [1.165, 1.54) is 0 Å². The highest BCUT2D eigenvalue weighted by Crippen LogP contribution is 2.00. The van der Waals surface area contributed by atoms with Gasteiger partial charge in [-0.25, -0.2) is 0 Å². The molecule has 0 N–H and O–H groups in total. The molecule has 0 amide bonds. The lowest BCUT2D eigenvalue weighted by Gasteiger charge is -1.84. The van der Waals surface area contributed by atoms with Crippen LogP contribution in [0.2, 0.25) is 0 Å². The van der Waals surface area contributed by atoms with Crippen molar-refractivity contribution in [3.05, 3.63) is 0 Å². The summed E-state index contributed by atoms with van der Waals surface area (Å²) in [5.74, 6) is 2.55. The van der Waals surface area contributed by atoms with E-state index < -0.39 is 0 Å². The van der Waals surface area contributed by atoms with Gasteiger partial charge in [-0.15, -0.1) is 11.8 Å². The van der Waals surface area contributed by atoms with Crippen LogP contribution in [0, 0.1) is 0 Å². The molecule has 0 aromatic carbocycles. The van der Waals surface area contributed by atoms with Crippen LogP contribution < -0.4 is 0 Å². The average molecular weight is 153 g/mol. The monoisotopic (exact) mass is 153 g/mol. The first kappa shape index (κ1) is 7.80. The number of hydrogen-bond acceptors (Lipinski definition) is 3. The number of rotatable bonds is 3. The van der Waals surface area contributed by atoms with Crippen LogP contribution in [0.4, 0.5) is 0 Å². The number of hydrogen-bond donors (Lipinski definition) is 1. The van der Waals surface area contributed by atoms with Gasteiger partial charge in [0.2, 0.25) is 0 Å². The zero-order valence-corrected chi connectivity index (χ0v) is 6.74. The molecule has 0 saturated carbocycles. The van der Waals surface area contributed by atoms with Crippen LogP contribution >= 0.6 is 33.6 Å². The van der Waals surface area contributed by atoms with E-state index in [1.807, 2.05) is 0 Å². The molecular weight excluding hydrogens is 145 g/mol. The highest BCUT2D eigenvalue weighted by molar-refractivity contribution is 8.09. The molecule has 0 aromatic heterocycles. The molecule has 0 heterocycles. The Labute approximate surface area is 56.0 Å². The van der Waals surface area contributed by atoms with Crippen molar-refractivity contribution >= 4 is 39.6 Å². The smallest absolute Gasteiger partial charge is 0.0852 e. The molecule has 0 bridgehead atoms. The van der Waals surface area contributed by atoms with Crippen molar-refractivity contribution in [2.75, 3.05) is 11.0 Å². The topological polar surface area (TPSA) is 12.4 Å². The first-order valence-corrected chi connectivity index (χ1v) is 4.26. The fourth-order valence-corrected chi connectivity index (χ4v) is 0.913. The zero-order chi connectivity index (χ0) is 5.54. The quantitative estimate of drug-likeness (QED) is 0.213. The summed E-state index contributed by atoms with van der Waals surface area (Å²) in [7, 11) is 2.42. The molecule has 0 aliphatic carbocycles. The van der Waals surface area contributed by atoms with Crippen molar-refractivity contribution in [1.29, 1.82) is 0 Å². The standard InChI is InChI=1S/C3H8NPS2/c5-1-4-2-7-3-6/h1,6H,2-3,5H2/b4-1+. The van der Waals surface area contributed by atoms with Gasteiger partial charge in [-0.1, -0.05) is 9.24 Å². The molecule has 0 aromatic rings. The largest absolute Gasteiger partial charge is 0.283 e. The summed E-state index contributed by atoms with van der Waals surface area (Å²) >= 11 is 5.66. The van der Waals surface area contributed by atoms with Gasteiger partial charge in [0.05, 0.1) is 5.88 Å². The third kappa shape index (κ3) is 6.80. The van der Waals surface area contributed by atoms with Crippen LogP contribution in [0.3, 0.4) is 0 Å². The van der Waals surface area contributed by atoms with Crippen molar-refractivity contribution in [3.63, 3.8) is 0 Å². The molecule has 0 aliphatic heterocycles. The maximum atomic E-state index is 3.98. The van der Waals surface area contributed by atoms with E-state index in [0.29, 0.717) is 0 Å². The Balaban J connectivity index is 2.69. The van der Waals surface area contributed by atoms with Gasteiger partial charge in [0.25, 0.3) is 0 Å². The Morgan fingerprint density at radius 1 is 1.86 bits per heavy atom. The van der Waals surface area contributed by atoms with E-state index in [4.69, 9.17) is 0 Å². The third-order valence-electron chi connectivity index (χ3n) is 0.363. The fraction of sp³-hybridized carbons (Fsp3) is 0.667. The van der Waals surface area contributed by atoms with Gasteiger partial charge < -0.3 is 0 Å². The summed E-state index contributed by atoms with van der Waals surface area (Å²) in [5.41, 5.74) is 0. The lowest BCUT2D eigenvalue weighted by molar-refractivity contribution is 1.41. The summed E-state index contributed by atoms with van der Waals surface area (Å²) in [6.45, 7) is 0. The predicted octanol–water partition coefficient (Wildman–Crippen LogP) is 1.47. The minimum atomic E-state index is 0.826. The molecule has 4 heteroatoms. The van der Waals surface area contributed by atoms with Gasteiger partial charge in [-0.05, 0) is 0 Å². The first-order chi connectivity index (χ1) is 3.41. The second kappa shape index (κ2) is 6.80. The van der Waals surface area contributed by atoms with Gasteiger partial charge >= 0.3 is 0 Å². The third-order valence-corrected chi connectivity index (χ3v) is 1.64. The molecule has 1 atom stereocenters. The van der Waals surface area contributed by atoms with Gasteiger partial charge in [0.1, 0.15) is 0 Å². The minimum absolute atomic E-state index is 0.826. The lowest BCUT2D eigenvalue weighted by Crippen LogP contribution is -1.67. The van der Waals surface area contributed by atoms with Crippen molar-refractivity contribution in [3.8, 4) is 0 Å². The molecule has 1 unspecified atom stereocenters. The number of thioether (sulfide) groups is 1. The van der Waals surface area contributed by atoms with Gasteiger partial charge in [-0.3, -0.25) is 4.99 Å². The van der Waals surface area contributed by atoms with E-state index in [1.54, 1.807) is 17.7 Å². The second-order valence-electron chi connectivity index (χ2n) is 0.794. The van der Waals surface area contributed by atoms with Gasteiger partial charge in [0.15, 0.2) is 0 Å². The van der Waals surface area contributed by atoms with E-state index in [0.717, 1.165) is 11.0 Å². The first-order valence-electron chi connectivity index (χ1n) is 1.80.